The number of carbonyl (C=O) groups excluding carboxylic acids is 1. The van der Waals surface area contributed by atoms with Crippen LogP contribution >= 0.6 is 0 Å². The number of rotatable bonds is 5. The highest BCUT2D eigenvalue weighted by molar-refractivity contribution is 5.88. The molecule has 1 aliphatic carbocycles. The fraction of sp³-hybridized carbons (Fsp3) is 0.611. The number of amides is 1. The summed E-state index contributed by atoms with van der Waals surface area (Å²) in [5.74, 6) is 0.846. The van der Waals surface area contributed by atoms with Crippen molar-refractivity contribution in [3.63, 3.8) is 0 Å². The summed E-state index contributed by atoms with van der Waals surface area (Å²) < 4.78 is 0. The Morgan fingerprint density at radius 3 is 2.55 bits per heavy atom. The van der Waals surface area contributed by atoms with E-state index in [9.17, 15) is 4.79 Å². The van der Waals surface area contributed by atoms with E-state index in [0.717, 1.165) is 25.3 Å². The maximum Gasteiger partial charge on any atom is 0.240 e. The van der Waals surface area contributed by atoms with Gasteiger partial charge in [-0.25, -0.2) is 0 Å². The zero-order valence-corrected chi connectivity index (χ0v) is 13.5. The van der Waals surface area contributed by atoms with Gasteiger partial charge >= 0.3 is 0 Å². The molecule has 1 aromatic carbocycles. The van der Waals surface area contributed by atoms with Gasteiger partial charge in [0.1, 0.15) is 0 Å². The lowest BCUT2D eigenvalue weighted by Crippen LogP contribution is -2.42. The van der Waals surface area contributed by atoms with Crippen LogP contribution in [0.5, 0.6) is 0 Å². The molecule has 1 aliphatic heterocycles. The van der Waals surface area contributed by atoms with Crippen molar-refractivity contribution < 1.29 is 4.79 Å². The van der Waals surface area contributed by atoms with Gasteiger partial charge in [0, 0.05) is 13.1 Å². The van der Waals surface area contributed by atoms with Crippen molar-refractivity contribution in [3.8, 4) is 0 Å². The average molecular weight is 301 g/mol. The van der Waals surface area contributed by atoms with Crippen molar-refractivity contribution in [2.75, 3.05) is 13.1 Å². The quantitative estimate of drug-likeness (QED) is 0.875. The van der Waals surface area contributed by atoms with Crippen LogP contribution in [0, 0.1) is 5.92 Å². The molecule has 4 heteroatoms. The Morgan fingerprint density at radius 2 is 1.91 bits per heavy atom. The number of nitrogens with one attached hydrogen (secondary N) is 1. The third-order valence-corrected chi connectivity index (χ3v) is 5.07. The summed E-state index contributed by atoms with van der Waals surface area (Å²) in [6, 6.07) is 8.41. The average Bonchev–Trinajstić information content (AvgIpc) is 3.27. The molecule has 0 atom stereocenters. The number of hydrogen-bond donors (Lipinski definition) is 2. The van der Waals surface area contributed by atoms with Gasteiger partial charge in [0.15, 0.2) is 0 Å². The first-order valence-electron chi connectivity index (χ1n) is 8.43. The van der Waals surface area contributed by atoms with Crippen LogP contribution in [-0.4, -0.2) is 29.4 Å². The molecule has 2 fully saturated rings. The van der Waals surface area contributed by atoms with Crippen LogP contribution in [-0.2, 0) is 17.9 Å². The number of nitrogens with two attached hydrogens (primary N) is 1. The van der Waals surface area contributed by atoms with E-state index in [2.05, 4.69) is 35.3 Å². The van der Waals surface area contributed by atoms with Gasteiger partial charge < -0.3 is 11.1 Å². The van der Waals surface area contributed by atoms with Crippen molar-refractivity contribution in [2.45, 2.75) is 51.2 Å². The maximum atomic E-state index is 12.0. The molecule has 120 valence electrons. The van der Waals surface area contributed by atoms with Crippen LogP contribution in [0.25, 0.3) is 0 Å². The minimum absolute atomic E-state index is 0.00546. The van der Waals surface area contributed by atoms with Crippen LogP contribution < -0.4 is 11.1 Å². The minimum atomic E-state index is -0.585. The smallest absolute Gasteiger partial charge is 0.240 e. The van der Waals surface area contributed by atoms with E-state index in [4.69, 9.17) is 5.73 Å². The Bertz CT molecular complexity index is 531. The molecule has 1 amide bonds. The largest absolute Gasteiger partial charge is 0.350 e. The first-order chi connectivity index (χ1) is 10.6. The zero-order valence-electron chi connectivity index (χ0n) is 13.5. The van der Waals surface area contributed by atoms with Gasteiger partial charge in [-0.3, -0.25) is 9.69 Å². The van der Waals surface area contributed by atoms with Gasteiger partial charge in [-0.15, -0.1) is 0 Å². The first-order valence-corrected chi connectivity index (χ1v) is 8.43. The van der Waals surface area contributed by atoms with E-state index in [1.54, 1.807) is 0 Å². The molecule has 2 aliphatic rings. The first kappa shape index (κ1) is 15.5. The third kappa shape index (κ3) is 3.68. The highest BCUT2D eigenvalue weighted by Crippen LogP contribution is 2.32. The lowest BCUT2D eigenvalue weighted by atomic mass is 9.98. The summed E-state index contributed by atoms with van der Waals surface area (Å²) in [6.07, 6.45) is 4.20. The Labute approximate surface area is 133 Å². The van der Waals surface area contributed by atoms with Crippen molar-refractivity contribution in [3.05, 3.63) is 35.4 Å². The molecule has 1 heterocycles. The van der Waals surface area contributed by atoms with Gasteiger partial charge in [0.05, 0.1) is 5.54 Å². The predicted molar refractivity (Wildman–Crippen MR) is 88.1 cm³/mol. The highest BCUT2D eigenvalue weighted by atomic mass is 16.2. The summed E-state index contributed by atoms with van der Waals surface area (Å²) >= 11 is 0. The Hall–Kier alpha value is -1.39. The van der Waals surface area contributed by atoms with Crippen LogP contribution in [0.2, 0.25) is 0 Å². The molecule has 3 rings (SSSR count). The SMILES string of the molecule is CC1CCN(Cc2ccccc2CNC(=O)C2(N)CC2)CC1. The summed E-state index contributed by atoms with van der Waals surface area (Å²) in [6.45, 7) is 6.24. The third-order valence-electron chi connectivity index (χ3n) is 5.07. The molecule has 0 bridgehead atoms. The number of nitrogens with zero attached hydrogens (tertiary/aromatic N) is 1. The molecule has 22 heavy (non-hydrogen) atoms. The molecule has 0 spiro atoms. The topological polar surface area (TPSA) is 58.4 Å². The minimum Gasteiger partial charge on any atom is -0.350 e. The van der Waals surface area contributed by atoms with Crippen LogP contribution in [0.3, 0.4) is 0 Å². The molecule has 3 N–H and O–H groups in total. The fourth-order valence-corrected chi connectivity index (χ4v) is 3.06. The van der Waals surface area contributed by atoms with E-state index in [1.807, 2.05) is 6.07 Å². The standard InChI is InChI=1S/C18H27N3O/c1-14-6-10-21(11-7-14)13-16-5-3-2-4-15(16)12-20-17(22)18(19)8-9-18/h2-5,14H,6-13,19H2,1H3,(H,20,22). The van der Waals surface area contributed by atoms with Crippen molar-refractivity contribution in [2.24, 2.45) is 11.7 Å². The summed E-state index contributed by atoms with van der Waals surface area (Å²) in [5.41, 5.74) is 7.87. The Balaban J connectivity index is 1.58. The zero-order chi connectivity index (χ0) is 15.6. The number of likely N-dealkylation sites (tertiary alicyclic amines) is 1. The monoisotopic (exact) mass is 301 g/mol. The Kier molecular flexibility index (Phi) is 4.50. The molecule has 0 aromatic heterocycles. The molecule has 1 aromatic rings. The Morgan fingerprint density at radius 1 is 1.27 bits per heavy atom. The second kappa shape index (κ2) is 6.39. The van der Waals surface area contributed by atoms with Gasteiger partial charge in [-0.1, -0.05) is 31.2 Å². The molecule has 0 unspecified atom stereocenters. The normalized spacial score (nSPS) is 21.5. The predicted octanol–water partition coefficient (Wildman–Crippen LogP) is 2.03. The second-order valence-electron chi connectivity index (χ2n) is 7.07. The fourth-order valence-electron chi connectivity index (χ4n) is 3.06. The molecular weight excluding hydrogens is 274 g/mol. The van der Waals surface area contributed by atoms with Crippen molar-refractivity contribution >= 4 is 5.91 Å². The van der Waals surface area contributed by atoms with Crippen molar-refractivity contribution in [1.82, 2.24) is 10.2 Å². The maximum absolute atomic E-state index is 12.0. The van der Waals surface area contributed by atoms with Crippen LogP contribution in [0.4, 0.5) is 0 Å². The molecule has 1 saturated heterocycles. The van der Waals surface area contributed by atoms with Crippen molar-refractivity contribution in [1.29, 1.82) is 0 Å². The second-order valence-corrected chi connectivity index (χ2v) is 7.07. The highest BCUT2D eigenvalue weighted by Gasteiger charge is 2.45. The van der Waals surface area contributed by atoms with E-state index >= 15 is 0 Å². The number of carbonyl (C=O) groups is 1. The van der Waals surface area contributed by atoms with E-state index < -0.39 is 5.54 Å². The number of piperidine rings is 1. The van der Waals surface area contributed by atoms with Gasteiger partial charge in [-0.05, 0) is 55.8 Å². The lowest BCUT2D eigenvalue weighted by molar-refractivity contribution is -0.123. The number of hydrogen-bond acceptors (Lipinski definition) is 3. The van der Waals surface area contributed by atoms with E-state index in [0.29, 0.717) is 6.54 Å². The van der Waals surface area contributed by atoms with Gasteiger partial charge in [-0.2, -0.15) is 0 Å². The summed E-state index contributed by atoms with van der Waals surface area (Å²) in [4.78, 5) is 14.5. The molecule has 4 nitrogen and oxygen atoms in total. The molecular formula is C18H27N3O. The molecule has 1 saturated carbocycles. The van der Waals surface area contributed by atoms with Gasteiger partial charge in [0.25, 0.3) is 0 Å². The van der Waals surface area contributed by atoms with Crippen LogP contribution in [0.15, 0.2) is 24.3 Å². The van der Waals surface area contributed by atoms with E-state index in [1.165, 1.54) is 37.1 Å². The summed E-state index contributed by atoms with van der Waals surface area (Å²) in [5, 5.41) is 3.00. The number of benzene rings is 1. The lowest BCUT2D eigenvalue weighted by Gasteiger charge is -2.30. The molecule has 0 radical (unpaired) electrons. The van der Waals surface area contributed by atoms with Gasteiger partial charge in [0.2, 0.25) is 5.91 Å². The van der Waals surface area contributed by atoms with Crippen LogP contribution in [0.1, 0.15) is 43.7 Å². The summed E-state index contributed by atoms with van der Waals surface area (Å²) in [7, 11) is 0. The van der Waals surface area contributed by atoms with E-state index in [-0.39, 0.29) is 5.91 Å².